The lowest BCUT2D eigenvalue weighted by molar-refractivity contribution is 0.461. The van der Waals surface area contributed by atoms with E-state index in [-0.39, 0.29) is 11.4 Å². The number of rotatable bonds is 6. The number of nitrogens with zero attached hydrogens (tertiary/aromatic N) is 1. The van der Waals surface area contributed by atoms with Gasteiger partial charge in [0.15, 0.2) is 0 Å². The second kappa shape index (κ2) is 7.68. The average molecular weight is 368 g/mol. The van der Waals surface area contributed by atoms with Gasteiger partial charge in [-0.15, -0.1) is 0 Å². The number of pyridine rings is 1. The highest BCUT2D eigenvalue weighted by Gasteiger charge is 2.13. The monoisotopic (exact) mass is 368 g/mol. The third-order valence-electron chi connectivity index (χ3n) is 4.02. The molecule has 26 heavy (non-hydrogen) atoms. The van der Waals surface area contributed by atoms with Crippen LogP contribution in [0.2, 0.25) is 0 Å². The Morgan fingerprint density at radius 3 is 2.46 bits per heavy atom. The van der Waals surface area contributed by atoms with Crippen molar-refractivity contribution in [2.75, 3.05) is 0 Å². The molecule has 3 rings (SSSR count). The lowest BCUT2D eigenvalue weighted by Crippen LogP contribution is -2.23. The summed E-state index contributed by atoms with van der Waals surface area (Å²) in [7, 11) is -3.55. The summed E-state index contributed by atoms with van der Waals surface area (Å²) in [6.45, 7) is 4.21. The van der Waals surface area contributed by atoms with E-state index in [9.17, 15) is 8.42 Å². The number of aryl methyl sites for hydroxylation is 2. The molecule has 134 valence electrons. The van der Waals surface area contributed by atoms with E-state index < -0.39 is 10.0 Å². The van der Waals surface area contributed by atoms with Crippen LogP contribution >= 0.6 is 0 Å². The largest absolute Gasteiger partial charge is 0.439 e. The quantitative estimate of drug-likeness (QED) is 0.715. The zero-order valence-corrected chi connectivity index (χ0v) is 15.5. The van der Waals surface area contributed by atoms with Gasteiger partial charge in [-0.2, -0.15) is 0 Å². The molecular weight excluding hydrogens is 348 g/mol. The van der Waals surface area contributed by atoms with Crippen LogP contribution in [0.4, 0.5) is 0 Å². The summed E-state index contributed by atoms with van der Waals surface area (Å²) in [4.78, 5) is 4.43. The van der Waals surface area contributed by atoms with Gasteiger partial charge in [-0.1, -0.05) is 24.3 Å². The summed E-state index contributed by atoms with van der Waals surface area (Å²) in [5.41, 5.74) is 3.09. The Kier molecular flexibility index (Phi) is 5.35. The highest BCUT2D eigenvalue weighted by Crippen LogP contribution is 2.22. The summed E-state index contributed by atoms with van der Waals surface area (Å²) < 4.78 is 33.0. The maximum absolute atomic E-state index is 12.3. The third kappa shape index (κ3) is 4.47. The highest BCUT2D eigenvalue weighted by molar-refractivity contribution is 7.89. The molecule has 0 saturated heterocycles. The number of hydrogen-bond donors (Lipinski definition) is 1. The first-order valence-corrected chi connectivity index (χ1v) is 9.67. The van der Waals surface area contributed by atoms with Gasteiger partial charge in [-0.05, 0) is 60.9 Å². The van der Waals surface area contributed by atoms with E-state index in [0.717, 1.165) is 11.1 Å². The first-order valence-electron chi connectivity index (χ1n) is 8.19. The minimum absolute atomic E-state index is 0.156. The minimum Gasteiger partial charge on any atom is -0.439 e. The molecule has 1 heterocycles. The Hall–Kier alpha value is -2.70. The van der Waals surface area contributed by atoms with Crippen LogP contribution in [0.15, 0.2) is 71.8 Å². The van der Waals surface area contributed by atoms with Crippen molar-refractivity contribution in [2.45, 2.75) is 25.3 Å². The fourth-order valence-corrected chi connectivity index (χ4v) is 3.41. The van der Waals surface area contributed by atoms with Crippen LogP contribution in [0.3, 0.4) is 0 Å². The zero-order valence-electron chi connectivity index (χ0n) is 14.6. The molecule has 0 saturated carbocycles. The molecule has 0 bridgehead atoms. The van der Waals surface area contributed by atoms with Gasteiger partial charge in [0, 0.05) is 18.8 Å². The Labute approximate surface area is 153 Å². The number of ether oxygens (including phenoxy) is 1. The average Bonchev–Trinajstić information content (AvgIpc) is 2.64. The summed E-state index contributed by atoms with van der Waals surface area (Å²) in [5, 5.41) is 0. The Morgan fingerprint density at radius 1 is 0.962 bits per heavy atom. The Bertz CT molecular complexity index is 1000. The van der Waals surface area contributed by atoms with Crippen LogP contribution in [-0.4, -0.2) is 13.4 Å². The minimum atomic E-state index is -3.55. The molecule has 0 radical (unpaired) electrons. The molecule has 0 unspecified atom stereocenters. The first kappa shape index (κ1) is 18.1. The number of hydrogen-bond acceptors (Lipinski definition) is 4. The molecule has 1 N–H and O–H groups in total. The van der Waals surface area contributed by atoms with E-state index in [1.807, 2.05) is 32.0 Å². The molecular formula is C20H20N2O3S. The van der Waals surface area contributed by atoms with Gasteiger partial charge < -0.3 is 4.74 Å². The normalized spacial score (nSPS) is 11.3. The van der Waals surface area contributed by atoms with Crippen LogP contribution in [0, 0.1) is 13.8 Å². The van der Waals surface area contributed by atoms with Crippen LogP contribution in [0.25, 0.3) is 0 Å². The highest BCUT2D eigenvalue weighted by atomic mass is 32.2. The molecule has 0 amide bonds. The summed E-state index contributed by atoms with van der Waals surface area (Å²) in [5.74, 6) is 1.12. The SMILES string of the molecule is Cc1ccc(Oc2cc(CNS(=O)(=O)c3ccccc3)ccn2)cc1C. The first-order chi connectivity index (χ1) is 12.4. The number of nitrogens with one attached hydrogen (secondary N) is 1. The second-order valence-electron chi connectivity index (χ2n) is 5.99. The van der Waals surface area contributed by atoms with E-state index in [2.05, 4.69) is 9.71 Å². The van der Waals surface area contributed by atoms with Crippen molar-refractivity contribution < 1.29 is 13.2 Å². The molecule has 1 aromatic heterocycles. The summed E-state index contributed by atoms with van der Waals surface area (Å²) in [6.07, 6.45) is 1.60. The predicted molar refractivity (Wildman–Crippen MR) is 101 cm³/mol. The van der Waals surface area contributed by atoms with Crippen LogP contribution in [-0.2, 0) is 16.6 Å². The van der Waals surface area contributed by atoms with Gasteiger partial charge in [0.1, 0.15) is 5.75 Å². The Morgan fingerprint density at radius 2 is 1.73 bits per heavy atom. The van der Waals surface area contributed by atoms with Crippen molar-refractivity contribution in [3.63, 3.8) is 0 Å². The van der Waals surface area contributed by atoms with E-state index in [1.54, 1.807) is 48.7 Å². The molecule has 0 atom stereocenters. The maximum Gasteiger partial charge on any atom is 0.240 e. The van der Waals surface area contributed by atoms with Crippen LogP contribution in [0.1, 0.15) is 16.7 Å². The lowest BCUT2D eigenvalue weighted by Gasteiger charge is -2.09. The van der Waals surface area contributed by atoms with E-state index >= 15 is 0 Å². The van der Waals surface area contributed by atoms with Crippen molar-refractivity contribution in [3.8, 4) is 11.6 Å². The van der Waals surface area contributed by atoms with E-state index in [0.29, 0.717) is 11.6 Å². The third-order valence-corrected chi connectivity index (χ3v) is 5.44. The Balaban J connectivity index is 1.70. The molecule has 0 fully saturated rings. The lowest BCUT2D eigenvalue weighted by atomic mass is 10.1. The molecule has 0 aliphatic carbocycles. The molecule has 2 aromatic carbocycles. The van der Waals surface area contributed by atoms with Crippen molar-refractivity contribution in [3.05, 3.63) is 83.6 Å². The molecule has 0 aliphatic rings. The fourth-order valence-electron chi connectivity index (χ4n) is 2.38. The molecule has 0 aliphatic heterocycles. The van der Waals surface area contributed by atoms with Gasteiger partial charge >= 0.3 is 0 Å². The van der Waals surface area contributed by atoms with Gasteiger partial charge in [-0.25, -0.2) is 18.1 Å². The zero-order chi connectivity index (χ0) is 18.6. The number of aromatic nitrogens is 1. The van der Waals surface area contributed by atoms with Crippen molar-refractivity contribution in [1.29, 1.82) is 0 Å². The smallest absolute Gasteiger partial charge is 0.240 e. The van der Waals surface area contributed by atoms with Gasteiger partial charge in [-0.3, -0.25) is 0 Å². The molecule has 0 spiro atoms. The van der Waals surface area contributed by atoms with Gasteiger partial charge in [0.2, 0.25) is 15.9 Å². The number of benzene rings is 2. The second-order valence-corrected chi connectivity index (χ2v) is 7.76. The summed E-state index contributed by atoms with van der Waals surface area (Å²) >= 11 is 0. The fraction of sp³-hybridized carbons (Fsp3) is 0.150. The molecule has 3 aromatic rings. The van der Waals surface area contributed by atoms with Crippen LogP contribution in [0.5, 0.6) is 11.6 Å². The van der Waals surface area contributed by atoms with Crippen LogP contribution < -0.4 is 9.46 Å². The van der Waals surface area contributed by atoms with E-state index in [4.69, 9.17) is 4.74 Å². The van der Waals surface area contributed by atoms with Gasteiger partial charge in [0.25, 0.3) is 0 Å². The summed E-state index contributed by atoms with van der Waals surface area (Å²) in [6, 6.07) is 17.6. The van der Waals surface area contributed by atoms with Crippen molar-refractivity contribution in [2.24, 2.45) is 0 Å². The standard InChI is InChI=1S/C20H20N2O3S/c1-15-8-9-18(12-16(15)2)25-20-13-17(10-11-21-20)14-22-26(23,24)19-6-4-3-5-7-19/h3-13,22H,14H2,1-2H3. The van der Waals surface area contributed by atoms with Crippen molar-refractivity contribution >= 4 is 10.0 Å². The predicted octanol–water partition coefficient (Wildman–Crippen LogP) is 3.97. The number of sulfonamides is 1. The molecule has 6 heteroatoms. The maximum atomic E-state index is 12.3. The topological polar surface area (TPSA) is 68.3 Å². The van der Waals surface area contributed by atoms with E-state index in [1.165, 1.54) is 5.56 Å². The molecule has 5 nitrogen and oxygen atoms in total. The van der Waals surface area contributed by atoms with Crippen molar-refractivity contribution in [1.82, 2.24) is 9.71 Å². The van der Waals surface area contributed by atoms with Gasteiger partial charge in [0.05, 0.1) is 4.90 Å².